The summed E-state index contributed by atoms with van der Waals surface area (Å²) in [5.41, 5.74) is 0.841. The molecule has 0 aromatic heterocycles. The summed E-state index contributed by atoms with van der Waals surface area (Å²) in [7, 11) is -2.09. The number of carbonyl (C=O) groups excluding carboxylic acids is 1. The molecule has 0 bridgehead atoms. The Hall–Kier alpha value is -1.19. The number of sulfonamides is 1. The first-order valence-electron chi connectivity index (χ1n) is 9.98. The number of rotatable bonds is 6. The van der Waals surface area contributed by atoms with Crippen LogP contribution in [0.2, 0.25) is 5.02 Å². The molecule has 2 saturated heterocycles. The molecule has 7 nitrogen and oxygen atoms in total. The fourth-order valence-electron chi connectivity index (χ4n) is 4.11. The SMILES string of the molecule is COCC(=O)N(C1CCOCC1)C1CCN(S(=O)(=O)c2ccc(C)c(Cl)c2)CC1. The van der Waals surface area contributed by atoms with Gasteiger partial charge in [-0.25, -0.2) is 8.42 Å². The average molecular weight is 445 g/mol. The van der Waals surface area contributed by atoms with Crippen molar-refractivity contribution in [2.45, 2.75) is 49.6 Å². The maximum atomic E-state index is 13.0. The predicted octanol–water partition coefficient (Wildman–Crippen LogP) is 2.46. The minimum Gasteiger partial charge on any atom is -0.381 e. The van der Waals surface area contributed by atoms with Gasteiger partial charge in [0, 0.05) is 50.5 Å². The molecule has 0 N–H and O–H groups in total. The highest BCUT2D eigenvalue weighted by Gasteiger charge is 2.36. The Morgan fingerprint density at radius 1 is 1.21 bits per heavy atom. The molecular formula is C20H29ClN2O5S. The van der Waals surface area contributed by atoms with Gasteiger partial charge in [0.2, 0.25) is 15.9 Å². The first kappa shape index (κ1) is 22.5. The molecule has 3 rings (SSSR count). The van der Waals surface area contributed by atoms with Crippen molar-refractivity contribution in [3.05, 3.63) is 28.8 Å². The Labute approximate surface area is 178 Å². The molecule has 29 heavy (non-hydrogen) atoms. The van der Waals surface area contributed by atoms with Gasteiger partial charge in [-0.1, -0.05) is 17.7 Å². The van der Waals surface area contributed by atoms with E-state index < -0.39 is 10.0 Å². The van der Waals surface area contributed by atoms with Gasteiger partial charge in [0.05, 0.1) is 4.90 Å². The number of hydrogen-bond donors (Lipinski definition) is 0. The first-order chi connectivity index (χ1) is 13.8. The van der Waals surface area contributed by atoms with E-state index in [4.69, 9.17) is 21.1 Å². The van der Waals surface area contributed by atoms with Gasteiger partial charge < -0.3 is 14.4 Å². The number of halogens is 1. The van der Waals surface area contributed by atoms with Crippen molar-refractivity contribution in [1.82, 2.24) is 9.21 Å². The maximum absolute atomic E-state index is 13.0. The molecule has 0 saturated carbocycles. The number of benzene rings is 1. The minimum absolute atomic E-state index is 0.00815. The monoisotopic (exact) mass is 444 g/mol. The van der Waals surface area contributed by atoms with Gasteiger partial charge in [0.15, 0.2) is 0 Å². The van der Waals surface area contributed by atoms with Crippen LogP contribution in [0.3, 0.4) is 0 Å². The quantitative estimate of drug-likeness (QED) is 0.673. The molecule has 9 heteroatoms. The number of nitrogens with zero attached hydrogens (tertiary/aromatic N) is 2. The third-order valence-electron chi connectivity index (χ3n) is 5.74. The average Bonchev–Trinajstić information content (AvgIpc) is 2.71. The van der Waals surface area contributed by atoms with E-state index >= 15 is 0 Å². The largest absolute Gasteiger partial charge is 0.381 e. The summed E-state index contributed by atoms with van der Waals surface area (Å²) in [5, 5.41) is 0.441. The van der Waals surface area contributed by atoms with Crippen LogP contribution in [0, 0.1) is 6.92 Å². The number of carbonyl (C=O) groups is 1. The zero-order valence-corrected chi connectivity index (χ0v) is 18.5. The van der Waals surface area contributed by atoms with E-state index in [1.165, 1.54) is 17.5 Å². The summed E-state index contributed by atoms with van der Waals surface area (Å²) >= 11 is 6.12. The second kappa shape index (κ2) is 9.75. The zero-order valence-electron chi connectivity index (χ0n) is 17.0. The summed E-state index contributed by atoms with van der Waals surface area (Å²) in [5.74, 6) is -0.0361. The fourth-order valence-corrected chi connectivity index (χ4v) is 5.85. The molecule has 1 aromatic carbocycles. The van der Waals surface area contributed by atoms with Crippen LogP contribution >= 0.6 is 11.6 Å². The predicted molar refractivity (Wildman–Crippen MR) is 111 cm³/mol. The summed E-state index contributed by atoms with van der Waals surface area (Å²) in [6, 6.07) is 4.95. The van der Waals surface area contributed by atoms with Crippen LogP contribution in [-0.2, 0) is 24.3 Å². The van der Waals surface area contributed by atoms with Gasteiger partial charge in [0.1, 0.15) is 6.61 Å². The van der Waals surface area contributed by atoms with Crippen LogP contribution in [0.15, 0.2) is 23.1 Å². The van der Waals surface area contributed by atoms with Crippen LogP contribution in [0.1, 0.15) is 31.2 Å². The van der Waals surface area contributed by atoms with Gasteiger partial charge in [-0.2, -0.15) is 4.31 Å². The molecule has 1 amide bonds. The second-order valence-electron chi connectivity index (χ2n) is 7.62. The lowest BCUT2D eigenvalue weighted by Gasteiger charge is -2.43. The zero-order chi connectivity index (χ0) is 21.0. The molecule has 0 unspecified atom stereocenters. The Bertz CT molecular complexity index is 818. The summed E-state index contributed by atoms with van der Waals surface area (Å²) in [4.78, 5) is 14.9. The highest BCUT2D eigenvalue weighted by Crippen LogP contribution is 2.28. The highest BCUT2D eigenvalue weighted by molar-refractivity contribution is 7.89. The lowest BCUT2D eigenvalue weighted by Crippen LogP contribution is -2.54. The smallest absolute Gasteiger partial charge is 0.249 e. The first-order valence-corrected chi connectivity index (χ1v) is 11.8. The molecule has 162 valence electrons. The molecule has 1 aromatic rings. The van der Waals surface area contributed by atoms with E-state index in [1.807, 2.05) is 11.8 Å². The molecule has 0 radical (unpaired) electrons. The standard InChI is InChI=1S/C20H29ClN2O5S/c1-15-3-4-18(13-19(15)21)29(25,26)22-9-5-16(6-10-22)23(20(24)14-27-2)17-7-11-28-12-8-17/h3-4,13,16-17H,5-12,14H2,1-2H3. The number of ether oxygens (including phenoxy) is 2. The van der Waals surface area contributed by atoms with Crippen molar-refractivity contribution in [3.8, 4) is 0 Å². The lowest BCUT2D eigenvalue weighted by molar-refractivity contribution is -0.143. The Balaban J connectivity index is 1.71. The van der Waals surface area contributed by atoms with Gasteiger partial charge in [-0.05, 0) is 50.3 Å². The van der Waals surface area contributed by atoms with Crippen molar-refractivity contribution in [2.75, 3.05) is 40.0 Å². The Morgan fingerprint density at radius 3 is 2.41 bits per heavy atom. The van der Waals surface area contributed by atoms with E-state index in [-0.39, 0.29) is 29.5 Å². The van der Waals surface area contributed by atoms with Crippen LogP contribution < -0.4 is 0 Å². The minimum atomic E-state index is -3.61. The number of amides is 1. The van der Waals surface area contributed by atoms with E-state index in [9.17, 15) is 13.2 Å². The molecule has 0 aliphatic carbocycles. The van der Waals surface area contributed by atoms with Crippen LogP contribution in [-0.4, -0.2) is 75.6 Å². The molecule has 2 aliphatic rings. The molecule has 0 atom stereocenters. The van der Waals surface area contributed by atoms with Crippen molar-refractivity contribution in [3.63, 3.8) is 0 Å². The van der Waals surface area contributed by atoms with Gasteiger partial charge in [0.25, 0.3) is 0 Å². The lowest BCUT2D eigenvalue weighted by atomic mass is 9.98. The summed E-state index contributed by atoms with van der Waals surface area (Å²) in [6.45, 7) is 3.91. The maximum Gasteiger partial charge on any atom is 0.249 e. The van der Waals surface area contributed by atoms with Crippen molar-refractivity contribution in [1.29, 1.82) is 0 Å². The number of piperidine rings is 1. The van der Waals surface area contributed by atoms with Crippen molar-refractivity contribution in [2.24, 2.45) is 0 Å². The van der Waals surface area contributed by atoms with E-state index in [0.717, 1.165) is 18.4 Å². The summed E-state index contributed by atoms with van der Waals surface area (Å²) in [6.07, 6.45) is 2.81. The van der Waals surface area contributed by atoms with Gasteiger partial charge in [-0.3, -0.25) is 4.79 Å². The molecule has 2 fully saturated rings. The number of hydrogen-bond acceptors (Lipinski definition) is 5. The number of methoxy groups -OCH3 is 1. The molecular weight excluding hydrogens is 416 g/mol. The van der Waals surface area contributed by atoms with E-state index in [2.05, 4.69) is 0 Å². The van der Waals surface area contributed by atoms with E-state index in [1.54, 1.807) is 12.1 Å². The molecule has 2 aliphatic heterocycles. The number of aryl methyl sites for hydroxylation is 1. The summed E-state index contributed by atoms with van der Waals surface area (Å²) < 4.78 is 38.0. The normalized spacial score (nSPS) is 20.0. The van der Waals surface area contributed by atoms with Crippen LogP contribution in [0.25, 0.3) is 0 Å². The molecule has 0 spiro atoms. The van der Waals surface area contributed by atoms with E-state index in [0.29, 0.717) is 44.2 Å². The Morgan fingerprint density at radius 2 is 1.83 bits per heavy atom. The van der Waals surface area contributed by atoms with Crippen LogP contribution in [0.5, 0.6) is 0 Å². The third kappa shape index (κ3) is 5.11. The van der Waals surface area contributed by atoms with Gasteiger partial charge >= 0.3 is 0 Å². The van der Waals surface area contributed by atoms with Crippen LogP contribution in [0.4, 0.5) is 0 Å². The topological polar surface area (TPSA) is 76.2 Å². The van der Waals surface area contributed by atoms with Crippen molar-refractivity contribution >= 4 is 27.5 Å². The van der Waals surface area contributed by atoms with Crippen molar-refractivity contribution < 1.29 is 22.7 Å². The fraction of sp³-hybridized carbons (Fsp3) is 0.650. The van der Waals surface area contributed by atoms with Gasteiger partial charge in [-0.15, -0.1) is 0 Å². The highest BCUT2D eigenvalue weighted by atomic mass is 35.5. The second-order valence-corrected chi connectivity index (χ2v) is 9.97. The molecule has 2 heterocycles. The Kier molecular flexibility index (Phi) is 7.56. The third-order valence-corrected chi connectivity index (χ3v) is 8.04.